The van der Waals surface area contributed by atoms with Gasteiger partial charge in [0.2, 0.25) is 5.91 Å². The Hall–Kier alpha value is -3.22. The Labute approximate surface area is 165 Å². The fourth-order valence-electron chi connectivity index (χ4n) is 2.86. The monoisotopic (exact) mass is 402 g/mol. The molecule has 0 unspecified atom stereocenters. The van der Waals surface area contributed by atoms with Gasteiger partial charge in [0.1, 0.15) is 11.5 Å². The minimum atomic E-state index is -4.51. The maximum Gasteiger partial charge on any atom is 0.433 e. The smallest absolute Gasteiger partial charge is 0.325 e. The van der Waals surface area contributed by atoms with E-state index in [4.69, 9.17) is 0 Å². The fourth-order valence-corrected chi connectivity index (χ4v) is 2.86. The van der Waals surface area contributed by atoms with Gasteiger partial charge in [-0.1, -0.05) is 42.5 Å². The second-order valence-electron chi connectivity index (χ2n) is 6.51. The van der Waals surface area contributed by atoms with Crippen LogP contribution in [-0.2, 0) is 17.4 Å². The molecule has 1 heterocycles. The molecule has 0 bridgehead atoms. The van der Waals surface area contributed by atoms with Crippen LogP contribution in [0.3, 0.4) is 0 Å². The average Bonchev–Trinajstić information content (AvgIpc) is 2.69. The minimum Gasteiger partial charge on any atom is -0.325 e. The fraction of sp³-hybridized carbons (Fsp3) is 0.182. The van der Waals surface area contributed by atoms with Gasteiger partial charge in [-0.2, -0.15) is 13.2 Å². The molecule has 0 aliphatic heterocycles. The molecule has 0 fully saturated rings. The first-order valence-corrected chi connectivity index (χ1v) is 9.00. The van der Waals surface area contributed by atoms with Crippen molar-refractivity contribution in [1.82, 2.24) is 4.98 Å². The molecule has 2 aromatic carbocycles. The predicted molar refractivity (Wildman–Crippen MR) is 103 cm³/mol. The van der Waals surface area contributed by atoms with Crippen molar-refractivity contribution in [3.05, 3.63) is 83.9 Å². The van der Waals surface area contributed by atoms with E-state index in [0.717, 1.165) is 23.4 Å². The summed E-state index contributed by atoms with van der Waals surface area (Å²) in [6, 6.07) is 16.0. The van der Waals surface area contributed by atoms with Crippen LogP contribution in [0.25, 0.3) is 11.1 Å². The van der Waals surface area contributed by atoms with Crippen molar-refractivity contribution in [3.8, 4) is 11.1 Å². The van der Waals surface area contributed by atoms with Crippen molar-refractivity contribution in [3.63, 3.8) is 0 Å². The molecule has 29 heavy (non-hydrogen) atoms. The number of benzene rings is 2. The molecular weight excluding hydrogens is 384 g/mol. The van der Waals surface area contributed by atoms with Crippen LogP contribution in [0.2, 0.25) is 0 Å². The van der Waals surface area contributed by atoms with Gasteiger partial charge in [-0.3, -0.25) is 4.79 Å². The van der Waals surface area contributed by atoms with Gasteiger partial charge in [0.25, 0.3) is 0 Å². The first-order valence-electron chi connectivity index (χ1n) is 9.00. The van der Waals surface area contributed by atoms with E-state index in [1.807, 2.05) is 24.3 Å². The lowest BCUT2D eigenvalue weighted by Gasteiger charge is -2.08. The lowest BCUT2D eigenvalue weighted by atomic mass is 10.0. The molecule has 1 amide bonds. The largest absolute Gasteiger partial charge is 0.433 e. The number of carbonyl (C=O) groups is 1. The van der Waals surface area contributed by atoms with E-state index in [-0.39, 0.29) is 23.8 Å². The van der Waals surface area contributed by atoms with E-state index in [9.17, 15) is 22.4 Å². The third-order valence-electron chi connectivity index (χ3n) is 4.35. The Bertz CT molecular complexity index is 967. The highest BCUT2D eigenvalue weighted by molar-refractivity contribution is 5.90. The number of anilines is 1. The number of aryl methyl sites for hydroxylation is 1. The summed E-state index contributed by atoms with van der Waals surface area (Å²) < 4.78 is 51.3. The molecule has 0 spiro atoms. The van der Waals surface area contributed by atoms with Crippen molar-refractivity contribution < 1.29 is 22.4 Å². The Morgan fingerprint density at radius 3 is 2.31 bits per heavy atom. The van der Waals surface area contributed by atoms with Crippen LogP contribution in [0, 0.1) is 5.82 Å². The van der Waals surface area contributed by atoms with Gasteiger partial charge in [-0.25, -0.2) is 9.37 Å². The lowest BCUT2D eigenvalue weighted by molar-refractivity contribution is -0.141. The Kier molecular flexibility index (Phi) is 6.26. The maximum absolute atomic E-state index is 13.8. The van der Waals surface area contributed by atoms with Gasteiger partial charge >= 0.3 is 6.18 Å². The Balaban J connectivity index is 1.48. The van der Waals surface area contributed by atoms with Gasteiger partial charge in [0.15, 0.2) is 0 Å². The molecule has 150 valence electrons. The third-order valence-corrected chi connectivity index (χ3v) is 4.35. The number of aromatic nitrogens is 1. The van der Waals surface area contributed by atoms with Crippen LogP contribution in [0.5, 0.6) is 0 Å². The van der Waals surface area contributed by atoms with Crippen LogP contribution in [0.4, 0.5) is 23.2 Å². The van der Waals surface area contributed by atoms with E-state index in [1.165, 1.54) is 12.1 Å². The van der Waals surface area contributed by atoms with E-state index in [2.05, 4.69) is 10.3 Å². The number of pyridine rings is 1. The third kappa shape index (κ3) is 5.63. The van der Waals surface area contributed by atoms with Gasteiger partial charge in [-0.05, 0) is 42.2 Å². The quantitative estimate of drug-likeness (QED) is 0.524. The molecular formula is C22H18F4N2O. The number of carbonyl (C=O) groups excluding carboxylic acids is 1. The number of amides is 1. The number of hydrogen-bond acceptors (Lipinski definition) is 2. The summed E-state index contributed by atoms with van der Waals surface area (Å²) in [5, 5.41) is 2.53. The van der Waals surface area contributed by atoms with Crippen LogP contribution in [-0.4, -0.2) is 10.9 Å². The predicted octanol–water partition coefficient (Wildman–Crippen LogP) is 5.87. The molecule has 0 aliphatic carbocycles. The summed E-state index contributed by atoms with van der Waals surface area (Å²) >= 11 is 0. The first-order chi connectivity index (χ1) is 13.8. The SMILES string of the molecule is O=C(CCCc1ccc(-c2ccccc2F)cc1)Nc1ccc(C(F)(F)F)nc1. The second kappa shape index (κ2) is 8.86. The molecule has 3 aromatic rings. The van der Waals surface area contributed by atoms with Gasteiger partial charge in [0.05, 0.1) is 11.9 Å². The molecule has 1 N–H and O–H groups in total. The van der Waals surface area contributed by atoms with Crippen molar-refractivity contribution in [1.29, 1.82) is 0 Å². The summed E-state index contributed by atoms with van der Waals surface area (Å²) in [4.78, 5) is 15.3. The van der Waals surface area contributed by atoms with Gasteiger partial charge in [-0.15, -0.1) is 0 Å². The highest BCUT2D eigenvalue weighted by Gasteiger charge is 2.32. The van der Waals surface area contributed by atoms with Crippen LogP contribution in [0.1, 0.15) is 24.1 Å². The molecule has 0 aliphatic rings. The zero-order chi connectivity index (χ0) is 20.9. The highest BCUT2D eigenvalue weighted by Crippen LogP contribution is 2.28. The van der Waals surface area contributed by atoms with Gasteiger partial charge < -0.3 is 5.32 Å². The number of hydrogen-bond donors (Lipinski definition) is 1. The lowest BCUT2D eigenvalue weighted by Crippen LogP contribution is -2.13. The molecule has 1 aromatic heterocycles. The Morgan fingerprint density at radius 2 is 1.69 bits per heavy atom. The number of nitrogens with zero attached hydrogens (tertiary/aromatic N) is 1. The normalized spacial score (nSPS) is 11.3. The summed E-state index contributed by atoms with van der Waals surface area (Å²) in [6.07, 6.45) is -2.09. The summed E-state index contributed by atoms with van der Waals surface area (Å²) in [5.74, 6) is -0.579. The van der Waals surface area contributed by atoms with E-state index in [0.29, 0.717) is 18.4 Å². The number of nitrogens with one attached hydrogen (secondary N) is 1. The highest BCUT2D eigenvalue weighted by atomic mass is 19.4. The first kappa shape index (κ1) is 20.5. The van der Waals surface area contributed by atoms with Crippen molar-refractivity contribution in [2.45, 2.75) is 25.4 Å². The topological polar surface area (TPSA) is 42.0 Å². The average molecular weight is 402 g/mol. The van der Waals surface area contributed by atoms with Crippen molar-refractivity contribution in [2.24, 2.45) is 0 Å². The van der Waals surface area contributed by atoms with Crippen LogP contribution in [0.15, 0.2) is 66.9 Å². The van der Waals surface area contributed by atoms with E-state index in [1.54, 1.807) is 18.2 Å². The number of rotatable bonds is 6. The van der Waals surface area contributed by atoms with E-state index >= 15 is 0 Å². The van der Waals surface area contributed by atoms with Crippen molar-refractivity contribution in [2.75, 3.05) is 5.32 Å². The zero-order valence-electron chi connectivity index (χ0n) is 15.3. The zero-order valence-corrected chi connectivity index (χ0v) is 15.3. The Morgan fingerprint density at radius 1 is 0.966 bits per heavy atom. The van der Waals surface area contributed by atoms with E-state index < -0.39 is 11.9 Å². The number of halogens is 4. The van der Waals surface area contributed by atoms with Gasteiger partial charge in [0, 0.05) is 12.0 Å². The summed E-state index contributed by atoms with van der Waals surface area (Å²) in [5.41, 5.74) is 1.53. The molecule has 3 rings (SSSR count). The maximum atomic E-state index is 13.8. The molecule has 3 nitrogen and oxygen atoms in total. The standard InChI is InChI=1S/C22H18F4N2O/c23-19-6-2-1-5-18(19)16-10-8-15(9-11-16)4-3-7-21(29)28-17-12-13-20(27-14-17)22(24,25)26/h1-2,5-6,8-14H,3-4,7H2,(H,28,29). The van der Waals surface area contributed by atoms with Crippen molar-refractivity contribution >= 4 is 11.6 Å². The molecule has 0 saturated carbocycles. The second-order valence-corrected chi connectivity index (χ2v) is 6.51. The van der Waals surface area contributed by atoms with Crippen LogP contribution < -0.4 is 5.32 Å². The molecule has 0 saturated heterocycles. The molecule has 0 radical (unpaired) electrons. The molecule has 7 heteroatoms. The summed E-state index contributed by atoms with van der Waals surface area (Å²) in [6.45, 7) is 0. The molecule has 0 atom stereocenters. The minimum absolute atomic E-state index is 0.218. The summed E-state index contributed by atoms with van der Waals surface area (Å²) in [7, 11) is 0. The van der Waals surface area contributed by atoms with Crippen LogP contribution >= 0.6 is 0 Å². The number of alkyl halides is 3.